The second-order valence-corrected chi connectivity index (χ2v) is 5.46. The van der Waals surface area contributed by atoms with Gasteiger partial charge in [0, 0.05) is 17.5 Å². The van der Waals surface area contributed by atoms with Crippen LogP contribution < -0.4 is 5.32 Å². The fraction of sp³-hybridized carbons (Fsp3) is 0.353. The maximum Gasteiger partial charge on any atom is 0.273 e. The van der Waals surface area contributed by atoms with Crippen molar-refractivity contribution in [2.24, 2.45) is 0 Å². The van der Waals surface area contributed by atoms with Crippen molar-refractivity contribution in [1.29, 1.82) is 0 Å². The Balaban J connectivity index is 2.34. The largest absolute Gasteiger partial charge is 0.354 e. The molecule has 5 nitrogen and oxygen atoms in total. The van der Waals surface area contributed by atoms with Gasteiger partial charge < -0.3 is 10.3 Å². The lowest BCUT2D eigenvalue weighted by atomic mass is 10.0. The molecule has 116 valence electrons. The van der Waals surface area contributed by atoms with Crippen molar-refractivity contribution in [3.8, 4) is 0 Å². The summed E-state index contributed by atoms with van der Waals surface area (Å²) < 4.78 is 0. The van der Waals surface area contributed by atoms with Gasteiger partial charge in [0.05, 0.1) is 0 Å². The molecule has 0 saturated heterocycles. The Bertz CT molecular complexity index is 699. The normalized spacial score (nSPS) is 10.5. The number of carbonyl (C=O) groups is 2. The smallest absolute Gasteiger partial charge is 0.273 e. The number of hydrogen-bond donors (Lipinski definition) is 2. The van der Waals surface area contributed by atoms with E-state index in [9.17, 15) is 9.59 Å². The maximum absolute atomic E-state index is 12.5. The quantitative estimate of drug-likeness (QED) is 0.830. The van der Waals surface area contributed by atoms with Crippen LogP contribution in [0.25, 0.3) is 0 Å². The third-order valence-electron chi connectivity index (χ3n) is 3.52. The Labute approximate surface area is 130 Å². The highest BCUT2D eigenvalue weighted by Gasteiger charge is 2.22. The lowest BCUT2D eigenvalue weighted by Gasteiger charge is -2.06. The van der Waals surface area contributed by atoms with Crippen molar-refractivity contribution in [3.05, 3.63) is 46.4 Å². The van der Waals surface area contributed by atoms with Crippen LogP contribution in [0.15, 0.2) is 18.3 Å². The SMILES string of the molecule is CCCc1c(C(=O)Nc2ccc(C)cn2)[nH]c(C)c1C(C)=O. The molecule has 2 rings (SSSR count). The molecule has 0 radical (unpaired) electrons. The number of Topliss-reactive ketones (excluding diaryl/α,β-unsaturated/α-hetero) is 1. The topological polar surface area (TPSA) is 74.8 Å². The highest BCUT2D eigenvalue weighted by Crippen LogP contribution is 2.22. The van der Waals surface area contributed by atoms with Gasteiger partial charge in [-0.05, 0) is 44.4 Å². The molecule has 0 fully saturated rings. The van der Waals surface area contributed by atoms with Gasteiger partial charge in [0.1, 0.15) is 11.5 Å². The second kappa shape index (κ2) is 6.56. The summed E-state index contributed by atoms with van der Waals surface area (Å²) in [7, 11) is 0. The lowest BCUT2D eigenvalue weighted by Crippen LogP contribution is -2.15. The monoisotopic (exact) mass is 299 g/mol. The van der Waals surface area contributed by atoms with Gasteiger partial charge in [-0.3, -0.25) is 9.59 Å². The van der Waals surface area contributed by atoms with Crippen molar-refractivity contribution < 1.29 is 9.59 Å². The summed E-state index contributed by atoms with van der Waals surface area (Å²) in [6.07, 6.45) is 3.24. The van der Waals surface area contributed by atoms with Crippen LogP contribution in [-0.2, 0) is 6.42 Å². The second-order valence-electron chi connectivity index (χ2n) is 5.46. The fourth-order valence-electron chi connectivity index (χ4n) is 2.57. The summed E-state index contributed by atoms with van der Waals surface area (Å²) in [4.78, 5) is 31.5. The number of aromatic amines is 1. The van der Waals surface area contributed by atoms with Crippen LogP contribution in [-0.4, -0.2) is 21.7 Å². The average Bonchev–Trinajstić information content (AvgIpc) is 2.79. The molecule has 0 aromatic carbocycles. The average molecular weight is 299 g/mol. The number of H-pyrrole nitrogens is 1. The minimum atomic E-state index is -0.268. The van der Waals surface area contributed by atoms with Crippen molar-refractivity contribution >= 4 is 17.5 Å². The number of anilines is 1. The summed E-state index contributed by atoms with van der Waals surface area (Å²) >= 11 is 0. The van der Waals surface area contributed by atoms with Gasteiger partial charge in [-0.2, -0.15) is 0 Å². The molecule has 0 atom stereocenters. The minimum Gasteiger partial charge on any atom is -0.354 e. The van der Waals surface area contributed by atoms with E-state index in [0.717, 1.165) is 23.2 Å². The molecule has 0 aliphatic rings. The van der Waals surface area contributed by atoms with Crippen LogP contribution >= 0.6 is 0 Å². The Kier molecular flexibility index (Phi) is 4.75. The molecule has 0 saturated carbocycles. The Morgan fingerprint density at radius 1 is 1.27 bits per heavy atom. The van der Waals surface area contributed by atoms with Gasteiger partial charge in [0.25, 0.3) is 5.91 Å². The first-order valence-corrected chi connectivity index (χ1v) is 7.40. The zero-order valence-corrected chi connectivity index (χ0v) is 13.4. The first-order chi connectivity index (χ1) is 10.4. The van der Waals surface area contributed by atoms with Gasteiger partial charge in [-0.15, -0.1) is 0 Å². The van der Waals surface area contributed by atoms with Crippen LogP contribution in [0.1, 0.15) is 57.9 Å². The van der Waals surface area contributed by atoms with Crippen molar-refractivity contribution in [2.75, 3.05) is 5.32 Å². The van der Waals surface area contributed by atoms with E-state index in [1.54, 1.807) is 12.3 Å². The Morgan fingerprint density at radius 3 is 2.55 bits per heavy atom. The maximum atomic E-state index is 12.5. The van der Waals surface area contributed by atoms with Gasteiger partial charge in [-0.1, -0.05) is 19.4 Å². The molecule has 0 spiro atoms. The summed E-state index contributed by atoms with van der Waals surface area (Å²) in [5.74, 6) is 0.204. The van der Waals surface area contributed by atoms with E-state index in [2.05, 4.69) is 15.3 Å². The van der Waals surface area contributed by atoms with E-state index >= 15 is 0 Å². The third-order valence-corrected chi connectivity index (χ3v) is 3.52. The number of nitrogens with one attached hydrogen (secondary N) is 2. The number of hydrogen-bond acceptors (Lipinski definition) is 3. The number of aromatic nitrogens is 2. The molecule has 0 bridgehead atoms. The molecule has 0 aliphatic carbocycles. The summed E-state index contributed by atoms with van der Waals surface area (Å²) in [5.41, 5.74) is 3.63. The first-order valence-electron chi connectivity index (χ1n) is 7.40. The van der Waals surface area contributed by atoms with E-state index in [1.807, 2.05) is 26.8 Å². The van der Waals surface area contributed by atoms with E-state index in [1.165, 1.54) is 6.92 Å². The standard InChI is InChI=1S/C17H21N3O2/c1-5-6-13-15(12(4)21)11(3)19-16(13)17(22)20-14-8-7-10(2)9-18-14/h7-9,19H,5-6H2,1-4H3,(H,18,20,22). The molecule has 1 amide bonds. The Morgan fingerprint density at radius 2 is 2.00 bits per heavy atom. The molecular formula is C17H21N3O2. The van der Waals surface area contributed by atoms with Crippen LogP contribution in [0.4, 0.5) is 5.82 Å². The summed E-state index contributed by atoms with van der Waals surface area (Å²) in [6.45, 7) is 7.30. The number of carbonyl (C=O) groups excluding carboxylic acids is 2. The van der Waals surface area contributed by atoms with Crippen LogP contribution in [0.2, 0.25) is 0 Å². The fourth-order valence-corrected chi connectivity index (χ4v) is 2.57. The third kappa shape index (κ3) is 3.24. The predicted octanol–water partition coefficient (Wildman–Crippen LogP) is 3.43. The molecule has 2 aromatic rings. The lowest BCUT2D eigenvalue weighted by molar-refractivity contribution is 0.101. The van der Waals surface area contributed by atoms with Gasteiger partial charge in [0.2, 0.25) is 0 Å². The number of ketones is 1. The highest BCUT2D eigenvalue weighted by atomic mass is 16.2. The Hall–Kier alpha value is -2.43. The zero-order chi connectivity index (χ0) is 16.3. The van der Waals surface area contributed by atoms with Gasteiger partial charge >= 0.3 is 0 Å². The van der Waals surface area contributed by atoms with Crippen molar-refractivity contribution in [3.63, 3.8) is 0 Å². The summed E-state index contributed by atoms with van der Waals surface area (Å²) in [5, 5.41) is 2.77. The molecule has 5 heteroatoms. The van der Waals surface area contributed by atoms with Gasteiger partial charge in [-0.25, -0.2) is 4.98 Å². The van der Waals surface area contributed by atoms with E-state index in [4.69, 9.17) is 0 Å². The molecule has 2 aromatic heterocycles. The van der Waals surface area contributed by atoms with E-state index < -0.39 is 0 Å². The summed E-state index contributed by atoms with van der Waals surface area (Å²) in [6, 6.07) is 3.64. The molecule has 2 N–H and O–H groups in total. The van der Waals surface area contributed by atoms with Gasteiger partial charge in [0.15, 0.2) is 5.78 Å². The molecule has 0 aliphatic heterocycles. The molecule has 2 heterocycles. The van der Waals surface area contributed by atoms with Crippen LogP contribution in [0.5, 0.6) is 0 Å². The molecular weight excluding hydrogens is 278 g/mol. The highest BCUT2D eigenvalue weighted by molar-refractivity contribution is 6.07. The number of aryl methyl sites for hydroxylation is 2. The van der Waals surface area contributed by atoms with Crippen LogP contribution in [0.3, 0.4) is 0 Å². The number of pyridine rings is 1. The molecule has 22 heavy (non-hydrogen) atoms. The first kappa shape index (κ1) is 15.9. The minimum absolute atomic E-state index is 0.0234. The predicted molar refractivity (Wildman–Crippen MR) is 86.5 cm³/mol. The molecule has 0 unspecified atom stereocenters. The van der Waals surface area contributed by atoms with Crippen molar-refractivity contribution in [2.45, 2.75) is 40.5 Å². The zero-order valence-electron chi connectivity index (χ0n) is 13.4. The van der Waals surface area contributed by atoms with E-state index in [-0.39, 0.29) is 11.7 Å². The number of rotatable bonds is 5. The van der Waals surface area contributed by atoms with Crippen molar-refractivity contribution in [1.82, 2.24) is 9.97 Å². The number of nitrogens with zero attached hydrogens (tertiary/aromatic N) is 1. The van der Waals surface area contributed by atoms with E-state index in [0.29, 0.717) is 23.5 Å². The van der Waals surface area contributed by atoms with Crippen LogP contribution in [0, 0.1) is 13.8 Å². The number of amides is 1.